The summed E-state index contributed by atoms with van der Waals surface area (Å²) in [4.78, 5) is 26.1. The molecule has 2 aliphatic rings. The van der Waals surface area contributed by atoms with Crippen molar-refractivity contribution in [1.29, 1.82) is 0 Å². The number of primary amides is 1. The molecule has 7 heteroatoms. The van der Waals surface area contributed by atoms with E-state index in [4.69, 9.17) is 19.9 Å². The number of ether oxygens (including phenoxy) is 3. The lowest BCUT2D eigenvalue weighted by Crippen LogP contribution is -2.54. The van der Waals surface area contributed by atoms with Gasteiger partial charge in [-0.05, 0) is 24.3 Å². The number of nitrogens with two attached hydrogens (primary N) is 1. The first kappa shape index (κ1) is 15.3. The number of carbonyl (C=O) groups is 2. The molecule has 7 nitrogen and oxygen atoms in total. The summed E-state index contributed by atoms with van der Waals surface area (Å²) in [6.45, 7) is 0.128. The van der Waals surface area contributed by atoms with Crippen LogP contribution in [0.2, 0.25) is 0 Å². The fourth-order valence-corrected chi connectivity index (χ4v) is 2.91. The molecule has 0 bridgehead atoms. The van der Waals surface area contributed by atoms with Crippen LogP contribution in [0.3, 0.4) is 0 Å². The lowest BCUT2D eigenvalue weighted by molar-refractivity contribution is -0.129. The van der Waals surface area contributed by atoms with Gasteiger partial charge in [-0.25, -0.2) is 0 Å². The lowest BCUT2D eigenvalue weighted by Gasteiger charge is -2.36. The minimum atomic E-state index is -0.907. The largest absolute Gasteiger partial charge is 0.485 e. The molecule has 0 radical (unpaired) electrons. The van der Waals surface area contributed by atoms with Crippen molar-refractivity contribution in [2.45, 2.75) is 12.2 Å². The normalized spacial score (nSPS) is 21.0. The zero-order valence-corrected chi connectivity index (χ0v) is 13.3. The number of carbonyl (C=O) groups excluding carboxylic acids is 2. The highest BCUT2D eigenvalue weighted by molar-refractivity contribution is 6.00. The number of anilines is 1. The molecule has 0 saturated heterocycles. The number of amides is 2. The molecule has 0 aromatic heterocycles. The van der Waals surface area contributed by atoms with Gasteiger partial charge < -0.3 is 24.8 Å². The third kappa shape index (κ3) is 2.73. The minimum absolute atomic E-state index is 0.0344. The zero-order chi connectivity index (χ0) is 17.4. The van der Waals surface area contributed by atoms with Crippen molar-refractivity contribution in [3.8, 4) is 17.2 Å². The van der Waals surface area contributed by atoms with Gasteiger partial charge in [-0.1, -0.05) is 24.3 Å². The third-order valence-electron chi connectivity index (χ3n) is 4.14. The van der Waals surface area contributed by atoms with E-state index in [-0.39, 0.29) is 19.1 Å². The highest BCUT2D eigenvalue weighted by Gasteiger charge is 2.38. The standard InChI is InChI=1S/C18H16N2O5/c19-17(21)15-9-20(11-5-1-2-6-12(11)24-15)18(22)16-10-23-13-7-3-4-8-14(13)25-16/h1-8,15-16H,9-10H2,(H2,19,21)/t15-,16+/m0/s1. The number of fused-ring (bicyclic) bond motifs is 2. The van der Waals surface area contributed by atoms with Crippen molar-refractivity contribution in [3.05, 3.63) is 48.5 Å². The van der Waals surface area contributed by atoms with Crippen molar-refractivity contribution in [2.75, 3.05) is 18.1 Å². The molecule has 0 spiro atoms. The van der Waals surface area contributed by atoms with Crippen LogP contribution in [0.15, 0.2) is 48.5 Å². The number of hydrogen-bond donors (Lipinski definition) is 1. The molecule has 2 aromatic carbocycles. The van der Waals surface area contributed by atoms with Crippen LogP contribution >= 0.6 is 0 Å². The van der Waals surface area contributed by atoms with E-state index in [1.165, 1.54) is 4.90 Å². The van der Waals surface area contributed by atoms with Crippen molar-refractivity contribution in [1.82, 2.24) is 0 Å². The van der Waals surface area contributed by atoms with Crippen molar-refractivity contribution < 1.29 is 23.8 Å². The molecular formula is C18H16N2O5. The van der Waals surface area contributed by atoms with E-state index in [0.717, 1.165) is 0 Å². The molecule has 0 unspecified atom stereocenters. The Bertz CT molecular complexity index is 838. The number of hydrogen-bond acceptors (Lipinski definition) is 5. The molecular weight excluding hydrogens is 324 g/mol. The molecule has 2 atom stereocenters. The maximum absolute atomic E-state index is 13.0. The van der Waals surface area contributed by atoms with Crippen LogP contribution in [0, 0.1) is 0 Å². The van der Waals surface area contributed by atoms with E-state index in [9.17, 15) is 9.59 Å². The van der Waals surface area contributed by atoms with Crippen molar-refractivity contribution in [2.24, 2.45) is 5.73 Å². The van der Waals surface area contributed by atoms with Gasteiger partial charge >= 0.3 is 0 Å². The molecule has 2 amide bonds. The molecule has 2 N–H and O–H groups in total. The molecule has 128 valence electrons. The van der Waals surface area contributed by atoms with Crippen LogP contribution in [0.5, 0.6) is 17.2 Å². The second kappa shape index (κ2) is 6.01. The van der Waals surface area contributed by atoms with Gasteiger partial charge in [0.25, 0.3) is 11.8 Å². The van der Waals surface area contributed by atoms with Crippen LogP contribution in [0.4, 0.5) is 5.69 Å². The van der Waals surface area contributed by atoms with E-state index in [2.05, 4.69) is 0 Å². The summed E-state index contributed by atoms with van der Waals surface area (Å²) in [5, 5.41) is 0. The first-order chi connectivity index (χ1) is 12.1. The maximum atomic E-state index is 13.0. The van der Waals surface area contributed by atoms with Crippen LogP contribution in [0.25, 0.3) is 0 Å². The van der Waals surface area contributed by atoms with Gasteiger partial charge in [0.05, 0.1) is 12.2 Å². The summed E-state index contributed by atoms with van der Waals surface area (Å²) in [5.41, 5.74) is 5.95. The van der Waals surface area contributed by atoms with Gasteiger partial charge in [-0.2, -0.15) is 0 Å². The molecule has 25 heavy (non-hydrogen) atoms. The molecule has 2 aliphatic heterocycles. The number of para-hydroxylation sites is 4. The maximum Gasteiger partial charge on any atom is 0.271 e. The number of benzene rings is 2. The predicted molar refractivity (Wildman–Crippen MR) is 88.8 cm³/mol. The second-order valence-electron chi connectivity index (χ2n) is 5.79. The second-order valence-corrected chi connectivity index (χ2v) is 5.79. The Labute approximate surface area is 143 Å². The topological polar surface area (TPSA) is 91.1 Å². The average molecular weight is 340 g/mol. The highest BCUT2D eigenvalue weighted by Crippen LogP contribution is 2.35. The lowest BCUT2D eigenvalue weighted by atomic mass is 10.1. The summed E-state index contributed by atoms with van der Waals surface area (Å²) >= 11 is 0. The van der Waals surface area contributed by atoms with Crippen LogP contribution < -0.4 is 24.8 Å². The first-order valence-corrected chi connectivity index (χ1v) is 7.88. The summed E-state index contributed by atoms with van der Waals surface area (Å²) in [6, 6.07) is 14.2. The van der Waals surface area contributed by atoms with Gasteiger partial charge in [-0.15, -0.1) is 0 Å². The molecule has 0 fully saturated rings. The summed E-state index contributed by atoms with van der Waals surface area (Å²) in [5.74, 6) is 0.613. The van der Waals surface area contributed by atoms with Crippen molar-refractivity contribution >= 4 is 17.5 Å². The molecule has 2 aromatic rings. The van der Waals surface area contributed by atoms with E-state index in [0.29, 0.717) is 22.9 Å². The molecule has 2 heterocycles. The Morgan fingerprint density at radius 3 is 2.32 bits per heavy atom. The Hall–Kier alpha value is -3.22. The van der Waals surface area contributed by atoms with E-state index >= 15 is 0 Å². The van der Waals surface area contributed by atoms with Gasteiger partial charge in [0.1, 0.15) is 12.4 Å². The van der Waals surface area contributed by atoms with Crippen LogP contribution in [0.1, 0.15) is 0 Å². The van der Waals surface area contributed by atoms with Crippen LogP contribution in [-0.2, 0) is 9.59 Å². The van der Waals surface area contributed by atoms with Gasteiger partial charge in [0.2, 0.25) is 6.10 Å². The van der Waals surface area contributed by atoms with Crippen LogP contribution in [-0.4, -0.2) is 37.2 Å². The number of rotatable bonds is 2. The summed E-state index contributed by atoms with van der Waals surface area (Å²) in [6.07, 6.45) is -1.72. The zero-order valence-electron chi connectivity index (χ0n) is 13.3. The molecule has 0 saturated carbocycles. The molecule has 4 rings (SSSR count). The quantitative estimate of drug-likeness (QED) is 0.884. The van der Waals surface area contributed by atoms with Crippen molar-refractivity contribution in [3.63, 3.8) is 0 Å². The van der Waals surface area contributed by atoms with Gasteiger partial charge in [-0.3, -0.25) is 9.59 Å². The Balaban J connectivity index is 1.62. The smallest absolute Gasteiger partial charge is 0.271 e. The average Bonchev–Trinajstić information content (AvgIpc) is 2.66. The predicted octanol–water partition coefficient (Wildman–Crippen LogP) is 1.11. The van der Waals surface area contributed by atoms with E-state index in [1.807, 2.05) is 12.1 Å². The fourth-order valence-electron chi connectivity index (χ4n) is 2.91. The highest BCUT2D eigenvalue weighted by atomic mass is 16.6. The summed E-state index contributed by atoms with van der Waals surface area (Å²) in [7, 11) is 0. The Kier molecular flexibility index (Phi) is 3.68. The van der Waals surface area contributed by atoms with E-state index < -0.39 is 18.1 Å². The fraction of sp³-hybridized carbons (Fsp3) is 0.222. The number of nitrogens with zero attached hydrogens (tertiary/aromatic N) is 1. The van der Waals surface area contributed by atoms with Gasteiger partial charge in [0, 0.05) is 0 Å². The SMILES string of the molecule is NC(=O)[C@@H]1CN(C(=O)[C@H]2COc3ccccc3O2)c2ccccc2O1. The monoisotopic (exact) mass is 340 g/mol. The van der Waals surface area contributed by atoms with E-state index in [1.54, 1.807) is 36.4 Å². The molecule has 0 aliphatic carbocycles. The minimum Gasteiger partial charge on any atom is -0.485 e. The summed E-state index contributed by atoms with van der Waals surface area (Å²) < 4.78 is 17.0. The van der Waals surface area contributed by atoms with Gasteiger partial charge in [0.15, 0.2) is 17.6 Å². The first-order valence-electron chi connectivity index (χ1n) is 7.88. The Morgan fingerprint density at radius 2 is 1.56 bits per heavy atom. The third-order valence-corrected chi connectivity index (χ3v) is 4.14. The Morgan fingerprint density at radius 1 is 0.920 bits per heavy atom.